The molecular formula is C24H24N4O6. The maximum absolute atomic E-state index is 13.2. The monoisotopic (exact) mass is 464 g/mol. The molecule has 1 unspecified atom stereocenters. The summed E-state index contributed by atoms with van der Waals surface area (Å²) in [5, 5.41) is 5.38. The molecule has 0 radical (unpaired) electrons. The molecule has 2 aromatic carbocycles. The SMILES string of the molecule is CC1(c2ccc3c(c2)OCCO3)NC(=O)N(CC(=O)Nc2ccc(N3CCCC3=O)cc2)C1=O. The Kier molecular flexibility index (Phi) is 5.35. The van der Waals surface area contributed by atoms with Gasteiger partial charge < -0.3 is 25.0 Å². The van der Waals surface area contributed by atoms with Crippen LogP contribution in [0.2, 0.25) is 0 Å². The van der Waals surface area contributed by atoms with Gasteiger partial charge in [-0.3, -0.25) is 19.3 Å². The summed E-state index contributed by atoms with van der Waals surface area (Å²) in [7, 11) is 0. The van der Waals surface area contributed by atoms with E-state index in [1.807, 2.05) is 0 Å². The molecule has 2 saturated heterocycles. The lowest BCUT2D eigenvalue weighted by atomic mass is 9.91. The van der Waals surface area contributed by atoms with Gasteiger partial charge in [-0.25, -0.2) is 4.79 Å². The van der Waals surface area contributed by atoms with E-state index in [1.165, 1.54) is 0 Å². The van der Waals surface area contributed by atoms with Crippen LogP contribution in [0.1, 0.15) is 25.3 Å². The number of carbonyl (C=O) groups is 4. The van der Waals surface area contributed by atoms with Crippen molar-refractivity contribution in [1.29, 1.82) is 0 Å². The molecule has 0 spiro atoms. The van der Waals surface area contributed by atoms with Crippen molar-refractivity contribution in [2.75, 3.05) is 36.5 Å². The Labute approximate surface area is 195 Å². The van der Waals surface area contributed by atoms with Gasteiger partial charge in [0.2, 0.25) is 11.8 Å². The van der Waals surface area contributed by atoms with Gasteiger partial charge in [0.25, 0.3) is 5.91 Å². The summed E-state index contributed by atoms with van der Waals surface area (Å²) in [6.07, 6.45) is 1.37. The first-order valence-corrected chi connectivity index (χ1v) is 11.1. The quantitative estimate of drug-likeness (QED) is 0.654. The Balaban J connectivity index is 1.25. The first kappa shape index (κ1) is 21.7. The molecule has 1 atom stereocenters. The summed E-state index contributed by atoms with van der Waals surface area (Å²) >= 11 is 0. The van der Waals surface area contributed by atoms with Crippen molar-refractivity contribution in [2.45, 2.75) is 25.3 Å². The second kappa shape index (κ2) is 8.36. The number of anilines is 2. The van der Waals surface area contributed by atoms with Gasteiger partial charge >= 0.3 is 6.03 Å². The van der Waals surface area contributed by atoms with Crippen molar-refractivity contribution in [3.63, 3.8) is 0 Å². The molecule has 34 heavy (non-hydrogen) atoms. The summed E-state index contributed by atoms with van der Waals surface area (Å²) in [6, 6.07) is 11.3. The summed E-state index contributed by atoms with van der Waals surface area (Å²) in [4.78, 5) is 52.9. The number of ether oxygens (including phenoxy) is 2. The third-order valence-electron chi connectivity index (χ3n) is 6.23. The van der Waals surface area contributed by atoms with E-state index in [0.29, 0.717) is 48.9 Å². The fourth-order valence-corrected chi connectivity index (χ4v) is 4.38. The van der Waals surface area contributed by atoms with Gasteiger partial charge in [0, 0.05) is 24.3 Å². The second-order valence-corrected chi connectivity index (χ2v) is 8.55. The Hall–Kier alpha value is -4.08. The molecule has 5 amide bonds. The topological polar surface area (TPSA) is 117 Å². The van der Waals surface area contributed by atoms with Gasteiger partial charge in [-0.05, 0) is 55.3 Å². The lowest BCUT2D eigenvalue weighted by Crippen LogP contribution is -2.42. The molecule has 3 aliphatic heterocycles. The molecule has 10 nitrogen and oxygen atoms in total. The van der Waals surface area contributed by atoms with Crippen molar-refractivity contribution in [3.8, 4) is 11.5 Å². The van der Waals surface area contributed by atoms with Crippen LogP contribution >= 0.6 is 0 Å². The number of nitrogens with one attached hydrogen (secondary N) is 2. The number of benzene rings is 2. The third kappa shape index (κ3) is 3.81. The Morgan fingerprint density at radius 3 is 2.50 bits per heavy atom. The number of urea groups is 1. The van der Waals surface area contributed by atoms with E-state index in [4.69, 9.17) is 9.47 Å². The predicted molar refractivity (Wildman–Crippen MR) is 122 cm³/mol. The lowest BCUT2D eigenvalue weighted by Gasteiger charge is -2.25. The van der Waals surface area contributed by atoms with E-state index in [0.717, 1.165) is 17.0 Å². The molecule has 2 aromatic rings. The zero-order valence-electron chi connectivity index (χ0n) is 18.6. The highest BCUT2D eigenvalue weighted by atomic mass is 16.6. The molecule has 2 N–H and O–H groups in total. The minimum Gasteiger partial charge on any atom is -0.486 e. The molecule has 5 rings (SSSR count). The van der Waals surface area contributed by atoms with E-state index in [2.05, 4.69) is 10.6 Å². The number of imide groups is 1. The van der Waals surface area contributed by atoms with Crippen LogP contribution in [-0.2, 0) is 19.9 Å². The van der Waals surface area contributed by atoms with E-state index < -0.39 is 29.9 Å². The van der Waals surface area contributed by atoms with Crippen LogP contribution in [0.25, 0.3) is 0 Å². The van der Waals surface area contributed by atoms with Crippen LogP contribution in [0.4, 0.5) is 16.2 Å². The van der Waals surface area contributed by atoms with E-state index in [9.17, 15) is 19.2 Å². The molecule has 0 bridgehead atoms. The Bertz CT molecular complexity index is 1180. The minimum atomic E-state index is -1.34. The van der Waals surface area contributed by atoms with Crippen LogP contribution in [-0.4, -0.2) is 55.0 Å². The van der Waals surface area contributed by atoms with Crippen LogP contribution in [0.5, 0.6) is 11.5 Å². The van der Waals surface area contributed by atoms with Gasteiger partial charge in [-0.2, -0.15) is 0 Å². The molecule has 0 aliphatic carbocycles. The highest BCUT2D eigenvalue weighted by Gasteiger charge is 2.49. The standard InChI is InChI=1S/C24H24N4O6/c1-24(15-4-9-18-19(13-15)34-12-11-33-18)22(31)28(23(32)26-24)14-20(29)25-16-5-7-17(8-6-16)27-10-2-3-21(27)30/h4-9,13H,2-3,10-12,14H2,1H3,(H,25,29)(H,26,32). The average molecular weight is 464 g/mol. The van der Waals surface area contributed by atoms with Crippen LogP contribution in [0, 0.1) is 0 Å². The molecule has 10 heteroatoms. The molecule has 2 fully saturated rings. The van der Waals surface area contributed by atoms with Crippen LogP contribution < -0.4 is 25.0 Å². The maximum Gasteiger partial charge on any atom is 0.325 e. The normalized spacial score (nSPS) is 21.6. The van der Waals surface area contributed by atoms with Crippen molar-refractivity contribution in [1.82, 2.24) is 10.2 Å². The van der Waals surface area contributed by atoms with Gasteiger partial charge in [0.15, 0.2) is 11.5 Å². The highest BCUT2D eigenvalue weighted by molar-refractivity contribution is 6.10. The second-order valence-electron chi connectivity index (χ2n) is 8.55. The highest BCUT2D eigenvalue weighted by Crippen LogP contribution is 2.36. The first-order chi connectivity index (χ1) is 16.3. The largest absolute Gasteiger partial charge is 0.486 e. The Morgan fingerprint density at radius 1 is 1.06 bits per heavy atom. The lowest BCUT2D eigenvalue weighted by molar-refractivity contribution is -0.133. The first-order valence-electron chi connectivity index (χ1n) is 11.1. The number of rotatable bonds is 5. The van der Waals surface area contributed by atoms with Crippen LogP contribution in [0.15, 0.2) is 42.5 Å². The summed E-state index contributed by atoms with van der Waals surface area (Å²) < 4.78 is 11.1. The number of hydrogen-bond acceptors (Lipinski definition) is 6. The average Bonchev–Trinajstić information content (AvgIpc) is 3.36. The van der Waals surface area contributed by atoms with Gasteiger partial charge in [-0.1, -0.05) is 6.07 Å². The van der Waals surface area contributed by atoms with E-state index >= 15 is 0 Å². The molecular weight excluding hydrogens is 440 g/mol. The summed E-state index contributed by atoms with van der Waals surface area (Å²) in [6.45, 7) is 2.68. The number of nitrogens with zero attached hydrogens (tertiary/aromatic N) is 2. The zero-order chi connectivity index (χ0) is 23.9. The number of amides is 5. The zero-order valence-corrected chi connectivity index (χ0v) is 18.6. The molecule has 3 heterocycles. The fourth-order valence-electron chi connectivity index (χ4n) is 4.38. The van der Waals surface area contributed by atoms with Gasteiger partial charge in [-0.15, -0.1) is 0 Å². The smallest absolute Gasteiger partial charge is 0.325 e. The molecule has 176 valence electrons. The van der Waals surface area contributed by atoms with Crippen molar-refractivity contribution < 1.29 is 28.7 Å². The van der Waals surface area contributed by atoms with Crippen LogP contribution in [0.3, 0.4) is 0 Å². The van der Waals surface area contributed by atoms with Crippen molar-refractivity contribution in [2.24, 2.45) is 0 Å². The fraction of sp³-hybridized carbons (Fsp3) is 0.333. The number of fused-ring (bicyclic) bond motifs is 1. The summed E-state index contributed by atoms with van der Waals surface area (Å²) in [5.74, 6) is 0.109. The minimum absolute atomic E-state index is 0.0800. The maximum atomic E-state index is 13.2. The molecule has 0 aromatic heterocycles. The van der Waals surface area contributed by atoms with Crippen molar-refractivity contribution >= 4 is 35.1 Å². The van der Waals surface area contributed by atoms with Gasteiger partial charge in [0.1, 0.15) is 25.3 Å². The van der Waals surface area contributed by atoms with Crippen molar-refractivity contribution in [3.05, 3.63) is 48.0 Å². The molecule has 3 aliphatic rings. The third-order valence-corrected chi connectivity index (χ3v) is 6.23. The molecule has 0 saturated carbocycles. The predicted octanol–water partition coefficient (Wildman–Crippen LogP) is 1.99. The summed E-state index contributed by atoms with van der Waals surface area (Å²) in [5.41, 5.74) is 0.466. The Morgan fingerprint density at radius 2 is 1.79 bits per heavy atom. The van der Waals surface area contributed by atoms with E-state index in [-0.39, 0.29) is 5.91 Å². The van der Waals surface area contributed by atoms with Gasteiger partial charge in [0.05, 0.1) is 0 Å². The number of carbonyl (C=O) groups excluding carboxylic acids is 4. The van der Waals surface area contributed by atoms with E-state index in [1.54, 1.807) is 54.3 Å². The number of hydrogen-bond donors (Lipinski definition) is 2.